The smallest absolute Gasteiger partial charge is 0.242 e. The summed E-state index contributed by atoms with van der Waals surface area (Å²) in [6.45, 7) is 24.4. The SMILES string of the molecule is CCC(C)NCC(=O)N(CC(=O)N(CC(=O)N(CC(=O)N(CC(=O)N(CC(=O)N(CC(=O)N(CC(=O)N(CC(=O)N(CC(N)=O)C(C)CC)C(C)CC)C(C)CC)CC(C)O)C(C)CC)C(C)CC)CC(C)O)CC(C)O)C(C)CC. The van der Waals surface area contributed by atoms with Gasteiger partial charge in [0, 0.05) is 61.9 Å². The van der Waals surface area contributed by atoms with Gasteiger partial charge in [0.15, 0.2) is 0 Å². The molecule has 10 unspecified atom stereocenters. The molecular weight excluding hydrogens is 1050 g/mol. The van der Waals surface area contributed by atoms with Crippen LogP contribution in [0.2, 0.25) is 0 Å². The molecule has 0 aromatic carbocycles. The van der Waals surface area contributed by atoms with E-state index < -0.39 is 135 Å². The first kappa shape index (κ1) is 75.5. The highest BCUT2D eigenvalue weighted by atomic mass is 16.3. The lowest BCUT2D eigenvalue weighted by Crippen LogP contribution is -2.56. The molecule has 24 heteroatoms. The molecule has 10 atom stereocenters. The van der Waals surface area contributed by atoms with Gasteiger partial charge in [0.2, 0.25) is 59.1 Å². The molecular formula is C57H107N11O13. The molecule has 0 aliphatic carbocycles. The third-order valence-electron chi connectivity index (χ3n) is 15.2. The Hall–Kier alpha value is -5.46. The van der Waals surface area contributed by atoms with E-state index in [0.29, 0.717) is 38.5 Å². The van der Waals surface area contributed by atoms with Gasteiger partial charge in [0.1, 0.15) is 32.7 Å². The molecule has 81 heavy (non-hydrogen) atoms. The zero-order valence-corrected chi connectivity index (χ0v) is 52.4. The van der Waals surface area contributed by atoms with E-state index in [1.807, 2.05) is 48.5 Å². The lowest BCUT2D eigenvalue weighted by atomic mass is 10.1. The largest absolute Gasteiger partial charge is 0.392 e. The summed E-state index contributed by atoms with van der Waals surface area (Å²) in [6, 6.07) is -2.73. The van der Waals surface area contributed by atoms with E-state index in [0.717, 1.165) is 21.1 Å². The van der Waals surface area contributed by atoms with Crippen LogP contribution in [0, 0.1) is 0 Å². The molecule has 0 radical (unpaired) electrons. The zero-order valence-electron chi connectivity index (χ0n) is 52.4. The fraction of sp³-hybridized carbons (Fsp3) is 0.825. The van der Waals surface area contributed by atoms with Crippen molar-refractivity contribution in [2.24, 2.45) is 5.73 Å². The molecule has 24 nitrogen and oxygen atoms in total. The van der Waals surface area contributed by atoms with Crippen LogP contribution in [-0.2, 0) is 47.9 Å². The summed E-state index contributed by atoms with van der Waals surface area (Å²) in [5.74, 6) is -6.03. The molecule has 0 saturated carbocycles. The van der Waals surface area contributed by atoms with Crippen molar-refractivity contribution in [1.29, 1.82) is 0 Å². The van der Waals surface area contributed by atoms with Crippen LogP contribution >= 0.6 is 0 Å². The van der Waals surface area contributed by atoms with Crippen molar-refractivity contribution in [3.8, 4) is 0 Å². The van der Waals surface area contributed by atoms with Crippen LogP contribution in [0.25, 0.3) is 0 Å². The summed E-state index contributed by atoms with van der Waals surface area (Å²) in [4.78, 5) is 150. The van der Waals surface area contributed by atoms with Gasteiger partial charge in [0.25, 0.3) is 0 Å². The van der Waals surface area contributed by atoms with Crippen molar-refractivity contribution >= 4 is 59.1 Å². The number of primary amides is 1. The van der Waals surface area contributed by atoms with Crippen molar-refractivity contribution in [2.45, 2.75) is 223 Å². The van der Waals surface area contributed by atoms with E-state index in [2.05, 4.69) is 5.32 Å². The van der Waals surface area contributed by atoms with Crippen molar-refractivity contribution in [3.05, 3.63) is 0 Å². The Kier molecular flexibility index (Phi) is 35.8. The van der Waals surface area contributed by atoms with Gasteiger partial charge >= 0.3 is 0 Å². The van der Waals surface area contributed by atoms with Crippen molar-refractivity contribution in [1.82, 2.24) is 49.4 Å². The van der Waals surface area contributed by atoms with Gasteiger partial charge in [-0.1, -0.05) is 48.5 Å². The Balaban J connectivity index is 6.89. The van der Waals surface area contributed by atoms with Gasteiger partial charge in [0.05, 0.1) is 51.0 Å². The van der Waals surface area contributed by atoms with E-state index >= 15 is 0 Å². The van der Waals surface area contributed by atoms with E-state index in [1.54, 1.807) is 48.5 Å². The van der Waals surface area contributed by atoms with Crippen molar-refractivity contribution in [3.63, 3.8) is 0 Å². The maximum atomic E-state index is 14.5. The number of nitrogens with two attached hydrogens (primary N) is 1. The molecule has 0 saturated heterocycles. The third-order valence-corrected chi connectivity index (χ3v) is 15.2. The van der Waals surface area contributed by atoms with E-state index in [4.69, 9.17) is 5.73 Å². The van der Waals surface area contributed by atoms with Gasteiger partial charge in [-0.3, -0.25) is 47.9 Å². The second-order valence-corrected chi connectivity index (χ2v) is 22.2. The summed E-state index contributed by atoms with van der Waals surface area (Å²) in [6.07, 6.45) is 0.157. The first-order valence-corrected chi connectivity index (χ1v) is 29.4. The molecule has 0 aromatic heterocycles. The van der Waals surface area contributed by atoms with E-state index in [-0.39, 0.29) is 69.8 Å². The van der Waals surface area contributed by atoms with Crippen molar-refractivity contribution < 1.29 is 63.3 Å². The Morgan fingerprint density at radius 3 is 0.765 bits per heavy atom. The molecule has 0 fully saturated rings. The summed E-state index contributed by atoms with van der Waals surface area (Å²) < 4.78 is 0. The Bertz CT molecular complexity index is 2010. The molecule has 0 aliphatic heterocycles. The molecule has 468 valence electrons. The van der Waals surface area contributed by atoms with Gasteiger partial charge in [-0.15, -0.1) is 0 Å². The Morgan fingerprint density at radius 1 is 0.321 bits per heavy atom. The number of rotatable bonds is 40. The second-order valence-electron chi connectivity index (χ2n) is 22.2. The number of nitrogens with zero attached hydrogens (tertiary/aromatic N) is 9. The predicted molar refractivity (Wildman–Crippen MR) is 311 cm³/mol. The van der Waals surface area contributed by atoms with Crippen LogP contribution in [0.3, 0.4) is 0 Å². The van der Waals surface area contributed by atoms with E-state index in [1.165, 1.54) is 50.2 Å². The molecule has 0 heterocycles. The number of aliphatic hydroxyl groups excluding tert-OH is 3. The number of amides is 10. The van der Waals surface area contributed by atoms with Gasteiger partial charge in [-0.05, 0) is 114 Å². The second kappa shape index (κ2) is 38.3. The minimum Gasteiger partial charge on any atom is -0.392 e. The standard InChI is InChI=1S/C57H107N11O13/c1-18-38(8)59-25-49(73)64(40(10)20-3)33-51(75)60(26-45(15)69)30-50(74)61(27-46(16)70)31-53(77)66(42(12)22-5)36-56(80)65(41(11)21-4)34-52(76)62(28-47(17)71)32-54(78)67(43(13)23-6)37-57(81)68(44(14)24-7)35-55(79)63(29-48(58)72)39(9)19-2/h38-47,59,69-71H,18-37H2,1-17H3,(H2,58,72). The normalized spacial score (nSPS) is 15.0. The summed E-state index contributed by atoms with van der Waals surface area (Å²) in [5.41, 5.74) is 5.47. The molecule has 0 spiro atoms. The van der Waals surface area contributed by atoms with Crippen LogP contribution in [-0.4, -0.2) is 264 Å². The highest BCUT2D eigenvalue weighted by molar-refractivity contribution is 5.94. The first-order chi connectivity index (χ1) is 37.8. The van der Waals surface area contributed by atoms with Gasteiger partial charge in [-0.25, -0.2) is 0 Å². The number of nitrogens with one attached hydrogen (secondary N) is 1. The zero-order chi connectivity index (χ0) is 62.6. The summed E-state index contributed by atoms with van der Waals surface area (Å²) >= 11 is 0. The Labute approximate surface area is 484 Å². The first-order valence-electron chi connectivity index (χ1n) is 29.4. The lowest BCUT2D eigenvalue weighted by molar-refractivity contribution is -0.152. The monoisotopic (exact) mass is 1150 g/mol. The fourth-order valence-corrected chi connectivity index (χ4v) is 8.63. The molecule has 0 aliphatic rings. The van der Waals surface area contributed by atoms with Crippen LogP contribution in [0.4, 0.5) is 0 Å². The minimum atomic E-state index is -1.13. The molecule has 10 amide bonds. The fourth-order valence-electron chi connectivity index (χ4n) is 8.63. The lowest BCUT2D eigenvalue weighted by Gasteiger charge is -2.37. The number of carbonyl (C=O) groups excluding carboxylic acids is 10. The Morgan fingerprint density at radius 2 is 0.531 bits per heavy atom. The average molecular weight is 1150 g/mol. The highest BCUT2D eigenvalue weighted by Gasteiger charge is 2.36. The topological polar surface area (TPSA) is 299 Å². The minimum absolute atomic E-state index is 0.00989. The number of hydrogen-bond acceptors (Lipinski definition) is 14. The molecule has 0 rings (SSSR count). The maximum Gasteiger partial charge on any atom is 0.242 e. The quantitative estimate of drug-likeness (QED) is 0.0578. The van der Waals surface area contributed by atoms with E-state index in [9.17, 15) is 63.3 Å². The number of hydrogen-bond donors (Lipinski definition) is 5. The highest BCUT2D eigenvalue weighted by Crippen LogP contribution is 2.16. The van der Waals surface area contributed by atoms with Crippen LogP contribution < -0.4 is 11.1 Å². The number of aliphatic hydroxyl groups is 3. The molecule has 0 aromatic rings. The van der Waals surface area contributed by atoms with Crippen LogP contribution in [0.15, 0.2) is 0 Å². The van der Waals surface area contributed by atoms with Crippen molar-refractivity contribution in [2.75, 3.05) is 85.1 Å². The summed E-state index contributed by atoms with van der Waals surface area (Å²) in [5, 5.41) is 34.8. The van der Waals surface area contributed by atoms with Gasteiger partial charge in [-0.2, -0.15) is 0 Å². The molecule has 0 bridgehead atoms. The van der Waals surface area contributed by atoms with Crippen LogP contribution in [0.1, 0.15) is 163 Å². The predicted octanol–water partition coefficient (Wildman–Crippen LogP) is 1.25. The average Bonchev–Trinajstić information content (AvgIpc) is 3.46. The third kappa shape index (κ3) is 26.6. The number of carbonyl (C=O) groups is 10. The maximum absolute atomic E-state index is 14.5. The summed E-state index contributed by atoms with van der Waals surface area (Å²) in [7, 11) is 0. The van der Waals surface area contributed by atoms with Gasteiger partial charge < -0.3 is 70.5 Å². The van der Waals surface area contributed by atoms with Crippen LogP contribution in [0.5, 0.6) is 0 Å². The molecule has 6 N–H and O–H groups in total.